The van der Waals surface area contributed by atoms with E-state index in [1.54, 1.807) is 0 Å². The van der Waals surface area contributed by atoms with Crippen LogP contribution in [0.5, 0.6) is 0 Å². The summed E-state index contributed by atoms with van der Waals surface area (Å²) in [6, 6.07) is 4.24. The minimum Gasteiger partial charge on any atom is -0.350 e. The maximum atomic E-state index is 4.54. The van der Waals surface area contributed by atoms with Gasteiger partial charge in [0, 0.05) is 6.54 Å². The summed E-state index contributed by atoms with van der Waals surface area (Å²) < 4.78 is 3.47. The van der Waals surface area contributed by atoms with Gasteiger partial charge in [-0.15, -0.1) is 14.8 Å². The molecular weight excluding hydrogens is 294 g/mol. The van der Waals surface area contributed by atoms with Crippen molar-refractivity contribution >= 4 is 11.5 Å². The molecule has 0 bridgehead atoms. The largest absolute Gasteiger partial charge is 0.350 e. The molecule has 120 valence electrons. The molecule has 0 spiro atoms. The number of aryl methyl sites for hydroxylation is 2. The van der Waals surface area contributed by atoms with Crippen molar-refractivity contribution in [1.82, 2.24) is 40.0 Å². The van der Waals surface area contributed by atoms with E-state index in [-0.39, 0.29) is 0 Å². The van der Waals surface area contributed by atoms with Crippen molar-refractivity contribution in [2.75, 3.05) is 11.4 Å². The van der Waals surface area contributed by atoms with Gasteiger partial charge in [0.2, 0.25) is 0 Å². The van der Waals surface area contributed by atoms with E-state index in [1.165, 1.54) is 17.5 Å². The molecule has 1 saturated heterocycles. The third kappa shape index (κ3) is 2.62. The first kappa shape index (κ1) is 14.0. The van der Waals surface area contributed by atoms with Crippen molar-refractivity contribution in [1.29, 1.82) is 0 Å². The summed E-state index contributed by atoms with van der Waals surface area (Å²) in [5.74, 6) is 2.68. The van der Waals surface area contributed by atoms with Gasteiger partial charge in [-0.05, 0) is 55.7 Å². The summed E-state index contributed by atoms with van der Waals surface area (Å²) >= 11 is 0. The number of rotatable bonds is 3. The summed E-state index contributed by atoms with van der Waals surface area (Å²) in [6.07, 6.45) is 3.51. The Hall–Kier alpha value is -2.58. The Morgan fingerprint density at radius 1 is 1.17 bits per heavy atom. The predicted molar refractivity (Wildman–Crippen MR) is 83.1 cm³/mol. The molecule has 0 saturated carbocycles. The van der Waals surface area contributed by atoms with Crippen LogP contribution in [-0.2, 0) is 6.54 Å². The van der Waals surface area contributed by atoms with Gasteiger partial charge in [0.25, 0.3) is 0 Å². The lowest BCUT2D eigenvalue weighted by atomic mass is 10.0. The van der Waals surface area contributed by atoms with Gasteiger partial charge in [-0.3, -0.25) is 0 Å². The van der Waals surface area contributed by atoms with Crippen molar-refractivity contribution in [3.8, 4) is 0 Å². The molecule has 3 aromatic rings. The molecule has 0 aliphatic carbocycles. The number of tetrazole rings is 1. The fourth-order valence-corrected chi connectivity index (χ4v) is 3.22. The summed E-state index contributed by atoms with van der Waals surface area (Å²) in [5, 5.41) is 20.5. The van der Waals surface area contributed by atoms with E-state index in [4.69, 9.17) is 0 Å². The van der Waals surface area contributed by atoms with Crippen LogP contribution >= 0.6 is 0 Å². The van der Waals surface area contributed by atoms with Crippen LogP contribution < -0.4 is 4.90 Å². The molecule has 3 aromatic heterocycles. The molecule has 23 heavy (non-hydrogen) atoms. The first-order valence-electron chi connectivity index (χ1n) is 7.91. The van der Waals surface area contributed by atoms with Crippen molar-refractivity contribution in [3.05, 3.63) is 23.8 Å². The number of fused-ring (bicyclic) bond motifs is 1. The molecule has 0 unspecified atom stereocenters. The highest BCUT2D eigenvalue weighted by Gasteiger charge is 2.25. The van der Waals surface area contributed by atoms with Gasteiger partial charge in [-0.1, -0.05) is 0 Å². The Bertz CT molecular complexity index is 821. The second-order valence-electron chi connectivity index (χ2n) is 5.95. The molecule has 0 aromatic carbocycles. The molecule has 0 N–H and O–H groups in total. The molecule has 1 fully saturated rings. The third-order valence-electron chi connectivity index (χ3n) is 4.32. The van der Waals surface area contributed by atoms with Gasteiger partial charge in [-0.2, -0.15) is 5.10 Å². The van der Waals surface area contributed by atoms with E-state index >= 15 is 0 Å². The van der Waals surface area contributed by atoms with Crippen molar-refractivity contribution in [2.24, 2.45) is 0 Å². The van der Waals surface area contributed by atoms with E-state index in [1.807, 2.05) is 30.7 Å². The quantitative estimate of drug-likeness (QED) is 0.706. The van der Waals surface area contributed by atoms with Crippen LogP contribution in [-0.4, -0.2) is 52.6 Å². The number of piperidine rings is 1. The lowest BCUT2D eigenvalue weighted by Crippen LogP contribution is -2.43. The van der Waals surface area contributed by atoms with Gasteiger partial charge >= 0.3 is 0 Å². The van der Waals surface area contributed by atoms with Crippen molar-refractivity contribution in [2.45, 2.75) is 45.7 Å². The van der Waals surface area contributed by atoms with Crippen molar-refractivity contribution in [3.63, 3.8) is 0 Å². The standard InChI is InChI=1S/C14H19N9/c1-10-15-11(2)22(17-10)9-12-5-3-4-8-21(12)14-7-6-13-16-19-20-23(13)18-14/h6-7,12H,3-5,8-9H2,1-2H3/t12-/m0/s1. The fraction of sp³-hybridized carbons (Fsp3) is 0.571. The highest BCUT2D eigenvalue weighted by molar-refractivity contribution is 5.45. The van der Waals surface area contributed by atoms with Crippen LogP contribution in [0.25, 0.3) is 5.65 Å². The topological polar surface area (TPSA) is 89.9 Å². The Balaban J connectivity index is 1.63. The van der Waals surface area contributed by atoms with Crippen LogP contribution in [0.3, 0.4) is 0 Å². The fourth-order valence-electron chi connectivity index (χ4n) is 3.22. The van der Waals surface area contributed by atoms with Crippen molar-refractivity contribution < 1.29 is 0 Å². The molecule has 1 atom stereocenters. The smallest absolute Gasteiger partial charge is 0.200 e. The first-order chi connectivity index (χ1) is 11.2. The zero-order valence-corrected chi connectivity index (χ0v) is 13.3. The SMILES string of the molecule is Cc1nc(C)n(C[C@@H]2CCCCN2c2ccc3nnnn3n2)n1. The highest BCUT2D eigenvalue weighted by Crippen LogP contribution is 2.24. The first-order valence-corrected chi connectivity index (χ1v) is 7.91. The predicted octanol–water partition coefficient (Wildman–Crippen LogP) is 0.787. The molecule has 9 nitrogen and oxygen atoms in total. The van der Waals surface area contributed by atoms with Gasteiger partial charge < -0.3 is 4.90 Å². The van der Waals surface area contributed by atoms with Gasteiger partial charge in [-0.25, -0.2) is 9.67 Å². The maximum Gasteiger partial charge on any atom is 0.200 e. The zero-order chi connectivity index (χ0) is 15.8. The Labute approximate surface area is 133 Å². The summed E-state index contributed by atoms with van der Waals surface area (Å²) in [7, 11) is 0. The van der Waals surface area contributed by atoms with E-state index in [0.29, 0.717) is 11.7 Å². The number of hydrogen-bond acceptors (Lipinski definition) is 7. The second kappa shape index (κ2) is 5.56. The number of nitrogens with zero attached hydrogens (tertiary/aromatic N) is 9. The van der Waals surface area contributed by atoms with Crippen LogP contribution in [0.1, 0.15) is 30.9 Å². The average Bonchev–Trinajstić information content (AvgIpc) is 3.13. The molecule has 1 aliphatic heterocycles. The summed E-state index contributed by atoms with van der Waals surface area (Å²) in [4.78, 5) is 6.73. The van der Waals surface area contributed by atoms with E-state index < -0.39 is 0 Å². The van der Waals surface area contributed by atoms with Gasteiger partial charge in [0.05, 0.1) is 12.6 Å². The minimum atomic E-state index is 0.352. The molecule has 4 rings (SSSR count). The zero-order valence-electron chi connectivity index (χ0n) is 13.3. The maximum absolute atomic E-state index is 4.54. The molecular formula is C14H19N9. The third-order valence-corrected chi connectivity index (χ3v) is 4.32. The number of aromatic nitrogens is 8. The Kier molecular flexibility index (Phi) is 3.40. The normalized spacial score (nSPS) is 18.7. The van der Waals surface area contributed by atoms with Crippen LogP contribution in [0.15, 0.2) is 12.1 Å². The molecule has 0 amide bonds. The molecule has 9 heteroatoms. The highest BCUT2D eigenvalue weighted by atomic mass is 15.6. The second-order valence-corrected chi connectivity index (χ2v) is 5.95. The monoisotopic (exact) mass is 313 g/mol. The molecule has 0 radical (unpaired) electrons. The van der Waals surface area contributed by atoms with Crippen LogP contribution in [0.2, 0.25) is 0 Å². The number of anilines is 1. The number of hydrogen-bond donors (Lipinski definition) is 0. The summed E-state index contributed by atoms with van der Waals surface area (Å²) in [5.41, 5.74) is 0.657. The Morgan fingerprint density at radius 2 is 2.09 bits per heavy atom. The van der Waals surface area contributed by atoms with E-state index in [9.17, 15) is 0 Å². The lowest BCUT2D eigenvalue weighted by Gasteiger charge is -2.36. The van der Waals surface area contributed by atoms with Crippen LogP contribution in [0, 0.1) is 13.8 Å². The van der Waals surface area contributed by atoms with E-state index in [0.717, 1.165) is 37.0 Å². The van der Waals surface area contributed by atoms with Gasteiger partial charge in [0.1, 0.15) is 11.6 Å². The van der Waals surface area contributed by atoms with E-state index in [2.05, 4.69) is 35.6 Å². The Morgan fingerprint density at radius 3 is 2.91 bits per heavy atom. The molecule has 4 heterocycles. The average molecular weight is 313 g/mol. The lowest BCUT2D eigenvalue weighted by molar-refractivity contribution is 0.390. The minimum absolute atomic E-state index is 0.352. The van der Waals surface area contributed by atoms with Crippen LogP contribution in [0.4, 0.5) is 5.82 Å². The summed E-state index contributed by atoms with van der Waals surface area (Å²) in [6.45, 7) is 5.73. The molecule has 1 aliphatic rings. The van der Waals surface area contributed by atoms with Gasteiger partial charge in [0.15, 0.2) is 11.5 Å².